The number of carbonyl (C=O) groups excluding carboxylic acids is 1. The highest BCUT2D eigenvalue weighted by molar-refractivity contribution is 5.95. The molecule has 2 aromatic rings. The van der Waals surface area contributed by atoms with Crippen LogP contribution in [0.2, 0.25) is 0 Å². The first-order valence-corrected chi connectivity index (χ1v) is 6.84. The number of anilines is 1. The van der Waals surface area contributed by atoms with Crippen LogP contribution in [-0.4, -0.2) is 44.5 Å². The molecule has 0 aliphatic carbocycles. The maximum Gasteiger partial charge on any atom is 0.241 e. The van der Waals surface area contributed by atoms with E-state index in [1.54, 1.807) is 11.0 Å². The summed E-state index contributed by atoms with van der Waals surface area (Å²) < 4.78 is 1.72. The van der Waals surface area contributed by atoms with Crippen LogP contribution in [-0.2, 0) is 11.3 Å². The number of carbonyl (C=O) groups is 1. The second-order valence-corrected chi connectivity index (χ2v) is 5.13. The van der Waals surface area contributed by atoms with E-state index in [9.17, 15) is 9.90 Å². The molecule has 1 saturated heterocycles. The Balaban J connectivity index is 1.64. The Morgan fingerprint density at radius 2 is 2.43 bits per heavy atom. The van der Waals surface area contributed by atoms with Crippen LogP contribution in [0.4, 0.5) is 5.69 Å². The van der Waals surface area contributed by atoms with Crippen molar-refractivity contribution in [2.45, 2.75) is 25.1 Å². The first-order chi connectivity index (χ1) is 10.2. The highest BCUT2D eigenvalue weighted by atomic mass is 16.3. The molecule has 1 amide bonds. The number of rotatable bonds is 4. The molecule has 3 rings (SSSR count). The average Bonchev–Trinajstić information content (AvgIpc) is 3.11. The minimum atomic E-state index is -0.445. The normalized spacial score (nSPS) is 21.4. The third-order valence-corrected chi connectivity index (χ3v) is 3.43. The van der Waals surface area contributed by atoms with Gasteiger partial charge < -0.3 is 15.7 Å². The van der Waals surface area contributed by atoms with Gasteiger partial charge in [0.15, 0.2) is 0 Å². The van der Waals surface area contributed by atoms with E-state index in [-0.39, 0.29) is 11.9 Å². The van der Waals surface area contributed by atoms with Gasteiger partial charge in [0.05, 0.1) is 18.7 Å². The molecule has 1 aromatic carbocycles. The topological polar surface area (TPSA) is 92.1 Å². The summed E-state index contributed by atoms with van der Waals surface area (Å²) in [5, 5.41) is 19.4. The summed E-state index contributed by atoms with van der Waals surface area (Å²) in [6, 6.07) is 7.27. The van der Waals surface area contributed by atoms with Gasteiger partial charge in [-0.05, 0) is 24.1 Å². The van der Waals surface area contributed by atoms with E-state index >= 15 is 0 Å². The third-order valence-electron chi connectivity index (χ3n) is 3.43. The molecule has 7 nitrogen and oxygen atoms in total. The summed E-state index contributed by atoms with van der Waals surface area (Å²) >= 11 is 0. The predicted octanol–water partition coefficient (Wildman–Crippen LogP) is -0.0123. The lowest BCUT2D eigenvalue weighted by molar-refractivity contribution is -0.117. The van der Waals surface area contributed by atoms with Gasteiger partial charge in [0.1, 0.15) is 12.7 Å². The molecule has 2 heterocycles. The smallest absolute Gasteiger partial charge is 0.241 e. The summed E-state index contributed by atoms with van der Waals surface area (Å²) in [6.07, 6.45) is 3.14. The molecule has 110 valence electrons. The first-order valence-electron chi connectivity index (χ1n) is 6.84. The van der Waals surface area contributed by atoms with Gasteiger partial charge in [0.2, 0.25) is 5.91 Å². The lowest BCUT2D eigenvalue weighted by Crippen LogP contribution is -2.35. The van der Waals surface area contributed by atoms with Crippen molar-refractivity contribution in [2.75, 3.05) is 11.9 Å². The largest absolute Gasteiger partial charge is 0.392 e. The molecule has 3 N–H and O–H groups in total. The predicted molar refractivity (Wildman–Crippen MR) is 76.6 cm³/mol. The van der Waals surface area contributed by atoms with Gasteiger partial charge >= 0.3 is 0 Å². The Labute approximate surface area is 122 Å². The summed E-state index contributed by atoms with van der Waals surface area (Å²) in [5.41, 5.74) is 1.76. The van der Waals surface area contributed by atoms with Gasteiger partial charge in [-0.2, -0.15) is 5.10 Å². The summed E-state index contributed by atoms with van der Waals surface area (Å²) in [6.45, 7) is 1.06. The molecule has 2 atom stereocenters. The summed E-state index contributed by atoms with van der Waals surface area (Å²) in [5.74, 6) is -0.121. The molecule has 0 spiro atoms. The summed E-state index contributed by atoms with van der Waals surface area (Å²) in [7, 11) is 0. The van der Waals surface area contributed by atoms with E-state index in [0.717, 1.165) is 11.3 Å². The van der Waals surface area contributed by atoms with E-state index in [1.165, 1.54) is 6.33 Å². The summed E-state index contributed by atoms with van der Waals surface area (Å²) in [4.78, 5) is 16.0. The van der Waals surface area contributed by atoms with Crippen molar-refractivity contribution in [2.24, 2.45) is 0 Å². The fourth-order valence-corrected chi connectivity index (χ4v) is 2.40. The van der Waals surface area contributed by atoms with Gasteiger partial charge in [-0.3, -0.25) is 4.79 Å². The van der Waals surface area contributed by atoms with Crippen LogP contribution >= 0.6 is 0 Å². The Bertz CT molecular complexity index is 614. The van der Waals surface area contributed by atoms with Crippen LogP contribution in [0.15, 0.2) is 36.9 Å². The van der Waals surface area contributed by atoms with E-state index in [0.29, 0.717) is 19.5 Å². The Kier molecular flexibility index (Phi) is 3.94. The fraction of sp³-hybridized carbons (Fsp3) is 0.357. The molecule has 2 unspecified atom stereocenters. The van der Waals surface area contributed by atoms with Gasteiger partial charge in [-0.25, -0.2) is 9.67 Å². The van der Waals surface area contributed by atoms with Crippen LogP contribution in [0.3, 0.4) is 0 Å². The van der Waals surface area contributed by atoms with Crippen molar-refractivity contribution in [3.05, 3.63) is 42.5 Å². The molecule has 21 heavy (non-hydrogen) atoms. The number of hydrogen-bond acceptors (Lipinski definition) is 5. The molecular formula is C14H17N5O2. The van der Waals surface area contributed by atoms with E-state index in [1.807, 2.05) is 24.3 Å². The number of aromatic nitrogens is 3. The van der Waals surface area contributed by atoms with Crippen LogP contribution in [0.5, 0.6) is 0 Å². The Morgan fingerprint density at radius 3 is 3.14 bits per heavy atom. The molecular weight excluding hydrogens is 270 g/mol. The molecule has 1 aromatic heterocycles. The number of β-amino-alcohol motifs (C(OH)–C–C–N with tert-alkyl or cyclic N) is 1. The Morgan fingerprint density at radius 1 is 1.52 bits per heavy atom. The number of benzene rings is 1. The Hall–Kier alpha value is -2.25. The number of aliphatic hydroxyl groups excluding tert-OH is 1. The maximum atomic E-state index is 12.1. The third kappa shape index (κ3) is 3.45. The second kappa shape index (κ2) is 6.02. The van der Waals surface area contributed by atoms with Gasteiger partial charge in [-0.15, -0.1) is 0 Å². The standard InChI is InChI=1S/C14H17N5O2/c20-12-5-13(16-6-12)14(21)18-11-3-1-2-10(4-11)7-19-9-15-8-17-19/h1-4,8-9,12-13,16,20H,5-7H2,(H,18,21). The molecule has 0 bridgehead atoms. The van der Waals surface area contributed by atoms with E-state index in [2.05, 4.69) is 20.7 Å². The zero-order valence-corrected chi connectivity index (χ0v) is 11.4. The minimum Gasteiger partial charge on any atom is -0.392 e. The fourth-order valence-electron chi connectivity index (χ4n) is 2.40. The van der Waals surface area contributed by atoms with Crippen molar-refractivity contribution in [1.29, 1.82) is 0 Å². The maximum absolute atomic E-state index is 12.1. The monoisotopic (exact) mass is 287 g/mol. The molecule has 1 aliphatic rings. The first kappa shape index (κ1) is 13.7. The molecule has 0 saturated carbocycles. The number of nitrogens with zero attached hydrogens (tertiary/aromatic N) is 3. The molecule has 7 heteroatoms. The zero-order chi connectivity index (χ0) is 14.7. The van der Waals surface area contributed by atoms with Crippen LogP contribution in [0.25, 0.3) is 0 Å². The highest BCUT2D eigenvalue weighted by Crippen LogP contribution is 2.14. The van der Waals surface area contributed by atoms with Crippen molar-refractivity contribution < 1.29 is 9.90 Å². The van der Waals surface area contributed by atoms with Crippen LogP contribution in [0.1, 0.15) is 12.0 Å². The SMILES string of the molecule is O=C(Nc1cccc(Cn2cncn2)c1)C1CC(O)CN1. The minimum absolute atomic E-state index is 0.121. The number of amides is 1. The lowest BCUT2D eigenvalue weighted by Gasteiger charge is -2.12. The van der Waals surface area contributed by atoms with Crippen molar-refractivity contribution in [3.63, 3.8) is 0 Å². The molecule has 1 fully saturated rings. The zero-order valence-electron chi connectivity index (χ0n) is 11.4. The van der Waals surface area contributed by atoms with Crippen molar-refractivity contribution in [3.8, 4) is 0 Å². The van der Waals surface area contributed by atoms with E-state index < -0.39 is 6.10 Å². The van der Waals surface area contributed by atoms with Crippen molar-refractivity contribution in [1.82, 2.24) is 20.1 Å². The lowest BCUT2D eigenvalue weighted by atomic mass is 10.1. The average molecular weight is 287 g/mol. The quantitative estimate of drug-likeness (QED) is 0.735. The van der Waals surface area contributed by atoms with Crippen LogP contribution in [0, 0.1) is 0 Å². The van der Waals surface area contributed by atoms with Gasteiger partial charge in [0.25, 0.3) is 0 Å². The highest BCUT2D eigenvalue weighted by Gasteiger charge is 2.27. The molecule has 1 aliphatic heterocycles. The van der Waals surface area contributed by atoms with Gasteiger partial charge in [0, 0.05) is 12.2 Å². The van der Waals surface area contributed by atoms with Crippen LogP contribution < -0.4 is 10.6 Å². The number of aliphatic hydroxyl groups is 1. The van der Waals surface area contributed by atoms with E-state index in [4.69, 9.17) is 0 Å². The second-order valence-electron chi connectivity index (χ2n) is 5.13. The number of hydrogen-bond donors (Lipinski definition) is 3. The number of nitrogens with one attached hydrogen (secondary N) is 2. The molecule has 0 radical (unpaired) electrons. The van der Waals surface area contributed by atoms with Crippen molar-refractivity contribution >= 4 is 11.6 Å². The van der Waals surface area contributed by atoms with Gasteiger partial charge in [-0.1, -0.05) is 12.1 Å².